The standard InChI is InChI=1S/C19H22O3/c1-2-3-4-7-12-21-14-10-11-16-18(13-14)22-17-9-6-5-8-15(17)19(16)20/h5-6,8-11,13,19-20H,2-4,7,12H2,1H3. The molecule has 0 fully saturated rings. The monoisotopic (exact) mass is 298 g/mol. The van der Waals surface area contributed by atoms with Gasteiger partial charge < -0.3 is 14.6 Å². The van der Waals surface area contributed by atoms with E-state index in [0.717, 1.165) is 29.9 Å². The van der Waals surface area contributed by atoms with Crippen LogP contribution in [0.15, 0.2) is 42.5 Å². The first-order valence-corrected chi connectivity index (χ1v) is 8.01. The van der Waals surface area contributed by atoms with E-state index < -0.39 is 6.10 Å². The number of hydrogen-bond donors (Lipinski definition) is 1. The molecule has 1 aliphatic rings. The molecule has 2 aromatic rings. The molecule has 3 heteroatoms. The molecule has 2 aromatic carbocycles. The molecule has 1 heterocycles. The highest BCUT2D eigenvalue weighted by atomic mass is 16.5. The summed E-state index contributed by atoms with van der Waals surface area (Å²) in [5.41, 5.74) is 1.60. The lowest BCUT2D eigenvalue weighted by atomic mass is 9.97. The quantitative estimate of drug-likeness (QED) is 0.776. The second-order valence-corrected chi connectivity index (χ2v) is 5.65. The number of aliphatic hydroxyl groups is 1. The van der Waals surface area contributed by atoms with E-state index in [-0.39, 0.29) is 0 Å². The first-order chi connectivity index (χ1) is 10.8. The van der Waals surface area contributed by atoms with Gasteiger partial charge in [0, 0.05) is 17.2 Å². The van der Waals surface area contributed by atoms with Gasteiger partial charge in [0.05, 0.1) is 6.61 Å². The van der Waals surface area contributed by atoms with Gasteiger partial charge in [0.25, 0.3) is 0 Å². The summed E-state index contributed by atoms with van der Waals surface area (Å²) in [6.07, 6.45) is 4.10. The van der Waals surface area contributed by atoms with E-state index >= 15 is 0 Å². The van der Waals surface area contributed by atoms with Gasteiger partial charge in [0.15, 0.2) is 0 Å². The Morgan fingerprint density at radius 3 is 2.68 bits per heavy atom. The Balaban J connectivity index is 1.70. The third kappa shape index (κ3) is 3.09. The van der Waals surface area contributed by atoms with Gasteiger partial charge in [-0.1, -0.05) is 44.4 Å². The van der Waals surface area contributed by atoms with Crippen LogP contribution in [-0.4, -0.2) is 11.7 Å². The molecule has 0 bridgehead atoms. The van der Waals surface area contributed by atoms with Crippen molar-refractivity contribution in [3.63, 3.8) is 0 Å². The summed E-state index contributed by atoms with van der Waals surface area (Å²) < 4.78 is 11.7. The number of aliphatic hydroxyl groups excluding tert-OH is 1. The Kier molecular flexibility index (Phi) is 4.64. The van der Waals surface area contributed by atoms with Crippen LogP contribution in [0.1, 0.15) is 49.8 Å². The Hall–Kier alpha value is -2.00. The van der Waals surface area contributed by atoms with Crippen molar-refractivity contribution in [3.05, 3.63) is 53.6 Å². The molecule has 0 aliphatic carbocycles. The molecule has 22 heavy (non-hydrogen) atoms. The van der Waals surface area contributed by atoms with Crippen molar-refractivity contribution < 1.29 is 14.6 Å². The lowest BCUT2D eigenvalue weighted by Gasteiger charge is -2.25. The minimum atomic E-state index is -0.640. The van der Waals surface area contributed by atoms with Gasteiger partial charge in [-0.25, -0.2) is 0 Å². The maximum atomic E-state index is 10.5. The van der Waals surface area contributed by atoms with Crippen LogP contribution in [0.5, 0.6) is 17.2 Å². The summed E-state index contributed by atoms with van der Waals surface area (Å²) in [5.74, 6) is 2.18. The van der Waals surface area contributed by atoms with Crippen LogP contribution in [-0.2, 0) is 0 Å². The average molecular weight is 298 g/mol. The summed E-state index contributed by atoms with van der Waals surface area (Å²) >= 11 is 0. The lowest BCUT2D eigenvalue weighted by Crippen LogP contribution is -2.09. The summed E-state index contributed by atoms with van der Waals surface area (Å²) in [7, 11) is 0. The van der Waals surface area contributed by atoms with Gasteiger partial charge in [0.1, 0.15) is 23.4 Å². The van der Waals surface area contributed by atoms with Gasteiger partial charge in [-0.3, -0.25) is 0 Å². The minimum Gasteiger partial charge on any atom is -0.493 e. The molecule has 1 atom stereocenters. The second kappa shape index (κ2) is 6.84. The zero-order valence-electron chi connectivity index (χ0n) is 12.9. The van der Waals surface area contributed by atoms with Gasteiger partial charge in [-0.2, -0.15) is 0 Å². The Morgan fingerprint density at radius 1 is 1.00 bits per heavy atom. The van der Waals surface area contributed by atoms with Crippen LogP contribution in [0.3, 0.4) is 0 Å². The van der Waals surface area contributed by atoms with Crippen LogP contribution < -0.4 is 9.47 Å². The van der Waals surface area contributed by atoms with Crippen LogP contribution >= 0.6 is 0 Å². The number of para-hydroxylation sites is 1. The van der Waals surface area contributed by atoms with Gasteiger partial charge in [0.2, 0.25) is 0 Å². The molecule has 116 valence electrons. The smallest absolute Gasteiger partial charge is 0.137 e. The molecule has 1 N–H and O–H groups in total. The number of rotatable bonds is 6. The van der Waals surface area contributed by atoms with Crippen molar-refractivity contribution in [3.8, 4) is 17.2 Å². The number of benzene rings is 2. The Morgan fingerprint density at radius 2 is 1.82 bits per heavy atom. The summed E-state index contributed by atoms with van der Waals surface area (Å²) in [4.78, 5) is 0. The van der Waals surface area contributed by atoms with E-state index in [9.17, 15) is 5.11 Å². The van der Waals surface area contributed by atoms with Crippen LogP contribution in [0.2, 0.25) is 0 Å². The molecular formula is C19H22O3. The highest BCUT2D eigenvalue weighted by Gasteiger charge is 2.25. The maximum absolute atomic E-state index is 10.5. The van der Waals surface area contributed by atoms with Crippen molar-refractivity contribution in [1.29, 1.82) is 0 Å². The van der Waals surface area contributed by atoms with Crippen molar-refractivity contribution >= 4 is 0 Å². The van der Waals surface area contributed by atoms with Crippen LogP contribution in [0.4, 0.5) is 0 Å². The number of unbranched alkanes of at least 4 members (excludes halogenated alkanes) is 3. The fraction of sp³-hybridized carbons (Fsp3) is 0.368. The maximum Gasteiger partial charge on any atom is 0.137 e. The molecule has 3 nitrogen and oxygen atoms in total. The molecule has 1 unspecified atom stereocenters. The van der Waals surface area contributed by atoms with Crippen molar-refractivity contribution in [2.45, 2.75) is 38.7 Å². The van der Waals surface area contributed by atoms with Crippen LogP contribution in [0, 0.1) is 0 Å². The zero-order valence-corrected chi connectivity index (χ0v) is 12.9. The first kappa shape index (κ1) is 14.9. The number of hydrogen-bond acceptors (Lipinski definition) is 3. The van der Waals surface area contributed by atoms with E-state index in [0.29, 0.717) is 11.5 Å². The molecule has 0 aromatic heterocycles. The Bertz CT molecular complexity index is 636. The molecule has 0 radical (unpaired) electrons. The van der Waals surface area contributed by atoms with E-state index in [2.05, 4.69) is 6.92 Å². The van der Waals surface area contributed by atoms with E-state index in [1.807, 2.05) is 42.5 Å². The predicted molar refractivity (Wildman–Crippen MR) is 86.7 cm³/mol. The summed E-state index contributed by atoms with van der Waals surface area (Å²) in [6, 6.07) is 13.2. The van der Waals surface area contributed by atoms with Crippen LogP contribution in [0.25, 0.3) is 0 Å². The van der Waals surface area contributed by atoms with Gasteiger partial charge in [-0.15, -0.1) is 0 Å². The third-order valence-electron chi connectivity index (χ3n) is 3.98. The molecule has 0 saturated carbocycles. The van der Waals surface area contributed by atoms with Gasteiger partial charge in [-0.05, 0) is 24.6 Å². The molecule has 1 aliphatic heterocycles. The molecule has 0 spiro atoms. The van der Waals surface area contributed by atoms with E-state index in [4.69, 9.17) is 9.47 Å². The van der Waals surface area contributed by atoms with E-state index in [1.165, 1.54) is 19.3 Å². The first-order valence-electron chi connectivity index (χ1n) is 8.01. The van der Waals surface area contributed by atoms with E-state index in [1.54, 1.807) is 0 Å². The largest absolute Gasteiger partial charge is 0.493 e. The summed E-state index contributed by atoms with van der Waals surface area (Å²) in [6.45, 7) is 2.92. The average Bonchev–Trinajstić information content (AvgIpc) is 2.55. The number of fused-ring (bicyclic) bond motifs is 2. The Labute approximate surface area is 131 Å². The summed E-state index contributed by atoms with van der Waals surface area (Å²) in [5, 5.41) is 10.5. The highest BCUT2D eigenvalue weighted by Crippen LogP contribution is 2.43. The molecule has 0 amide bonds. The third-order valence-corrected chi connectivity index (χ3v) is 3.98. The molecule has 3 rings (SSSR count). The normalized spacial score (nSPS) is 15.6. The van der Waals surface area contributed by atoms with Crippen molar-refractivity contribution in [2.75, 3.05) is 6.61 Å². The second-order valence-electron chi connectivity index (χ2n) is 5.65. The van der Waals surface area contributed by atoms with Crippen molar-refractivity contribution in [2.24, 2.45) is 0 Å². The van der Waals surface area contributed by atoms with Crippen molar-refractivity contribution in [1.82, 2.24) is 0 Å². The fourth-order valence-corrected chi connectivity index (χ4v) is 2.72. The van der Waals surface area contributed by atoms with Gasteiger partial charge >= 0.3 is 0 Å². The minimum absolute atomic E-state index is 0.640. The SMILES string of the molecule is CCCCCCOc1ccc2c(c1)Oc1ccccc1C2O. The molecule has 0 saturated heterocycles. The molecular weight excluding hydrogens is 276 g/mol. The predicted octanol–water partition coefficient (Wildman–Crippen LogP) is 4.83. The number of ether oxygens (including phenoxy) is 2. The highest BCUT2D eigenvalue weighted by molar-refractivity contribution is 5.54. The zero-order chi connectivity index (χ0) is 15.4. The fourth-order valence-electron chi connectivity index (χ4n) is 2.72. The lowest BCUT2D eigenvalue weighted by molar-refractivity contribution is 0.202. The topological polar surface area (TPSA) is 38.7 Å².